The zero-order chi connectivity index (χ0) is 28.0. The first-order chi connectivity index (χ1) is 18.7. The molecule has 4 rings (SSSR count). The number of ether oxygens (including phenoxy) is 4. The molecule has 0 aromatic heterocycles. The Bertz CT molecular complexity index is 1370. The van der Waals surface area contributed by atoms with Crippen molar-refractivity contribution in [3.8, 4) is 0 Å². The summed E-state index contributed by atoms with van der Waals surface area (Å²) in [5.74, 6) is -1.46. The first-order valence-electron chi connectivity index (χ1n) is 12.0. The second-order valence-corrected chi connectivity index (χ2v) is 11.2. The van der Waals surface area contributed by atoms with Gasteiger partial charge in [-0.25, -0.2) is 9.59 Å². The molecular weight excluding hydrogens is 639 g/mol. The summed E-state index contributed by atoms with van der Waals surface area (Å²) >= 11 is 2.04. The van der Waals surface area contributed by atoms with Gasteiger partial charge in [0.15, 0.2) is 24.6 Å². The van der Waals surface area contributed by atoms with Crippen molar-refractivity contribution in [2.24, 2.45) is 0 Å². The highest BCUT2D eigenvalue weighted by Gasteiger charge is 2.53. The van der Waals surface area contributed by atoms with Crippen LogP contribution in [0, 0.1) is 6.92 Å². The van der Waals surface area contributed by atoms with Crippen LogP contribution in [0.5, 0.6) is 0 Å². The topological polar surface area (TPSA) is 114 Å². The zero-order valence-electron chi connectivity index (χ0n) is 21.1. The smallest absolute Gasteiger partial charge is 0.338 e. The molecule has 39 heavy (non-hydrogen) atoms. The fourth-order valence-corrected chi connectivity index (χ4v) is 5.79. The predicted molar refractivity (Wildman–Crippen MR) is 149 cm³/mol. The molecule has 0 amide bonds. The van der Waals surface area contributed by atoms with Crippen molar-refractivity contribution < 1.29 is 41.1 Å². The largest absolute Gasteiger partial charge is 0.452 e. The molecule has 1 aliphatic rings. The van der Waals surface area contributed by atoms with Crippen molar-refractivity contribution in [3.05, 3.63) is 102 Å². The molecule has 0 radical (unpaired) electrons. The van der Waals surface area contributed by atoms with Crippen molar-refractivity contribution in [2.75, 3.05) is 11.5 Å². The fraction of sp³-hybridized carbons (Fsp3) is 0.286. The second kappa shape index (κ2) is 13.0. The molecular formula is C28H27IO9S. The van der Waals surface area contributed by atoms with Crippen molar-refractivity contribution in [3.63, 3.8) is 0 Å². The van der Waals surface area contributed by atoms with Crippen LogP contribution in [0.15, 0.2) is 89.8 Å². The number of benzene rings is 3. The normalized spacial score (nSPS) is 23.1. The van der Waals surface area contributed by atoms with Crippen molar-refractivity contribution in [2.45, 2.75) is 42.5 Å². The number of carbonyl (C=O) groups excluding carboxylic acids is 2. The van der Waals surface area contributed by atoms with E-state index in [2.05, 4.69) is 0 Å². The van der Waals surface area contributed by atoms with Gasteiger partial charge in [0.2, 0.25) is 0 Å². The average Bonchev–Trinajstić information content (AvgIpc) is 2.95. The lowest BCUT2D eigenvalue weighted by atomic mass is 9.99. The highest BCUT2D eigenvalue weighted by molar-refractivity contribution is 14.1. The second-order valence-electron chi connectivity index (χ2n) is 8.73. The van der Waals surface area contributed by atoms with E-state index in [9.17, 15) is 18.0 Å². The Labute approximate surface area is 240 Å². The molecule has 5 atom stereocenters. The highest BCUT2D eigenvalue weighted by Crippen LogP contribution is 2.33. The first-order valence-corrected chi connectivity index (χ1v) is 14.9. The van der Waals surface area contributed by atoms with E-state index in [0.29, 0.717) is 4.43 Å². The number of alkyl halides is 1. The molecule has 1 saturated heterocycles. The molecule has 3 aromatic rings. The van der Waals surface area contributed by atoms with Gasteiger partial charge in [-0.3, -0.25) is 4.18 Å². The molecule has 0 aliphatic carbocycles. The van der Waals surface area contributed by atoms with Crippen LogP contribution in [0.25, 0.3) is 0 Å². The number of hydrogen-bond acceptors (Lipinski definition) is 9. The maximum Gasteiger partial charge on any atom is 0.338 e. The Morgan fingerprint density at radius 2 is 1.31 bits per heavy atom. The third-order valence-corrected chi connectivity index (χ3v) is 8.22. The number of esters is 2. The quantitative estimate of drug-likeness (QED) is 0.143. The monoisotopic (exact) mass is 666 g/mol. The minimum Gasteiger partial charge on any atom is -0.452 e. The molecule has 11 heteroatoms. The lowest BCUT2D eigenvalue weighted by Gasteiger charge is -2.43. The van der Waals surface area contributed by atoms with Gasteiger partial charge in [-0.1, -0.05) is 76.7 Å². The maximum atomic E-state index is 13.3. The Morgan fingerprint density at radius 3 is 1.79 bits per heavy atom. The number of halogens is 1. The van der Waals surface area contributed by atoms with Gasteiger partial charge in [0, 0.05) is 11.5 Å². The Kier molecular flexibility index (Phi) is 9.72. The van der Waals surface area contributed by atoms with Gasteiger partial charge in [0.05, 0.1) is 16.0 Å². The summed E-state index contributed by atoms with van der Waals surface area (Å²) in [5, 5.41) is 0. The van der Waals surface area contributed by atoms with Gasteiger partial charge in [0.1, 0.15) is 6.10 Å². The number of carbonyl (C=O) groups is 2. The van der Waals surface area contributed by atoms with Gasteiger partial charge in [-0.05, 0) is 43.3 Å². The molecule has 1 heterocycles. The van der Waals surface area contributed by atoms with Crippen LogP contribution in [0.4, 0.5) is 0 Å². The van der Waals surface area contributed by atoms with Crippen LogP contribution in [-0.4, -0.2) is 62.6 Å². The lowest BCUT2D eigenvalue weighted by molar-refractivity contribution is -0.276. The molecule has 1 aliphatic heterocycles. The Morgan fingerprint density at radius 1 is 0.795 bits per heavy atom. The van der Waals surface area contributed by atoms with E-state index in [1.165, 1.54) is 19.2 Å². The summed E-state index contributed by atoms with van der Waals surface area (Å²) in [5.41, 5.74) is 1.34. The first kappa shape index (κ1) is 29.2. The van der Waals surface area contributed by atoms with Crippen molar-refractivity contribution >= 4 is 44.6 Å². The fourth-order valence-electron chi connectivity index (χ4n) is 4.01. The summed E-state index contributed by atoms with van der Waals surface area (Å²) in [6.45, 7) is 1.82. The zero-order valence-corrected chi connectivity index (χ0v) is 24.1. The van der Waals surface area contributed by atoms with E-state index < -0.39 is 52.8 Å². The van der Waals surface area contributed by atoms with E-state index in [1.54, 1.807) is 72.8 Å². The molecule has 0 saturated carbocycles. The molecule has 1 fully saturated rings. The summed E-state index contributed by atoms with van der Waals surface area (Å²) < 4.78 is 55.6. The molecule has 0 bridgehead atoms. The van der Waals surface area contributed by atoms with Crippen LogP contribution in [0.2, 0.25) is 0 Å². The third kappa shape index (κ3) is 7.03. The van der Waals surface area contributed by atoms with Crippen LogP contribution in [0.1, 0.15) is 26.3 Å². The molecule has 0 spiro atoms. The summed E-state index contributed by atoms with van der Waals surface area (Å²) in [6.07, 6.45) is -6.18. The number of hydrogen-bond donors (Lipinski definition) is 0. The van der Waals surface area contributed by atoms with E-state index in [4.69, 9.17) is 23.1 Å². The molecule has 206 valence electrons. The lowest BCUT2D eigenvalue weighted by Crippen LogP contribution is -2.62. The van der Waals surface area contributed by atoms with Crippen LogP contribution < -0.4 is 0 Å². The highest BCUT2D eigenvalue weighted by atomic mass is 127. The predicted octanol–water partition coefficient (Wildman–Crippen LogP) is 4.33. The van der Waals surface area contributed by atoms with Crippen LogP contribution in [-0.2, 0) is 33.2 Å². The van der Waals surface area contributed by atoms with E-state index >= 15 is 0 Å². The van der Waals surface area contributed by atoms with Crippen LogP contribution in [0.3, 0.4) is 0 Å². The Hall–Kier alpha value is -2.84. The molecule has 9 nitrogen and oxygen atoms in total. The summed E-state index contributed by atoms with van der Waals surface area (Å²) in [7, 11) is -3.06. The van der Waals surface area contributed by atoms with Crippen LogP contribution >= 0.6 is 22.6 Å². The minimum absolute atomic E-state index is 0.107. The summed E-state index contributed by atoms with van der Waals surface area (Å²) in [4.78, 5) is 26.1. The number of methoxy groups -OCH3 is 1. The molecule has 0 unspecified atom stereocenters. The van der Waals surface area contributed by atoms with Gasteiger partial charge < -0.3 is 18.9 Å². The van der Waals surface area contributed by atoms with E-state index in [0.717, 1.165) is 5.56 Å². The van der Waals surface area contributed by atoms with Gasteiger partial charge in [0.25, 0.3) is 10.1 Å². The molecule has 0 N–H and O–H groups in total. The maximum absolute atomic E-state index is 13.3. The Balaban J connectivity index is 1.73. The standard InChI is InChI=1S/C28H27IO9S/c1-18-13-15-21(16-14-18)39(32,33)38-25-24(37-27(31)20-11-7-4-8-12-20)23(22(17-29)35-28(25)34-2)36-26(30)19-9-5-3-6-10-19/h3-16,22-25,28H,17H2,1-2H3/t22-,23-,24+,25-,28+/m1/s1. The van der Waals surface area contributed by atoms with Gasteiger partial charge in [-0.2, -0.15) is 8.42 Å². The van der Waals surface area contributed by atoms with E-state index in [1.807, 2.05) is 29.5 Å². The number of aryl methyl sites for hydroxylation is 1. The molecule has 3 aromatic carbocycles. The SMILES string of the molecule is CO[C@H]1O[C@H](CI)[C@@H](OC(=O)c2ccccc2)[C@H](OC(=O)c2ccccc2)[C@H]1OS(=O)(=O)c1ccc(C)cc1. The van der Waals surface area contributed by atoms with Gasteiger partial charge >= 0.3 is 11.9 Å². The van der Waals surface area contributed by atoms with Gasteiger partial charge in [-0.15, -0.1) is 0 Å². The number of rotatable bonds is 9. The third-order valence-electron chi connectivity index (χ3n) is 6.03. The van der Waals surface area contributed by atoms with E-state index in [-0.39, 0.29) is 16.0 Å². The van der Waals surface area contributed by atoms with Crippen molar-refractivity contribution in [1.82, 2.24) is 0 Å². The average molecular weight is 666 g/mol. The van der Waals surface area contributed by atoms with Crippen molar-refractivity contribution in [1.29, 1.82) is 0 Å². The minimum atomic E-state index is -4.37. The summed E-state index contributed by atoms with van der Waals surface area (Å²) in [6, 6.07) is 22.5.